The maximum atomic E-state index is 6.07. The van der Waals surface area contributed by atoms with E-state index in [1.54, 1.807) is 11.8 Å². The summed E-state index contributed by atoms with van der Waals surface area (Å²) in [5.74, 6) is 2.49. The normalized spacial score (nSPS) is 12.9. The van der Waals surface area contributed by atoms with Gasteiger partial charge in [-0.1, -0.05) is 5.21 Å². The molecule has 6 nitrogen and oxygen atoms in total. The second-order valence-corrected chi connectivity index (χ2v) is 5.75. The molecule has 3 aromatic rings. The van der Waals surface area contributed by atoms with Gasteiger partial charge in [-0.3, -0.25) is 0 Å². The predicted molar refractivity (Wildman–Crippen MR) is 93.9 cm³/mol. The number of rotatable bonds is 4. The molecule has 0 spiro atoms. The number of nitrogens with zero attached hydrogens (tertiary/aromatic N) is 3. The largest absolute Gasteiger partial charge is 0.497 e. The summed E-state index contributed by atoms with van der Waals surface area (Å²) in [5.41, 5.74) is 3.34. The molecule has 25 heavy (non-hydrogen) atoms. The van der Waals surface area contributed by atoms with Gasteiger partial charge in [-0.2, -0.15) is 0 Å². The fourth-order valence-electron chi connectivity index (χ4n) is 2.79. The summed E-state index contributed by atoms with van der Waals surface area (Å²) < 4.78 is 18.2. The summed E-state index contributed by atoms with van der Waals surface area (Å²) in [4.78, 5) is 0. The second-order valence-electron chi connectivity index (χ2n) is 5.49. The van der Waals surface area contributed by atoms with Crippen molar-refractivity contribution in [3.8, 4) is 34.2 Å². The van der Waals surface area contributed by atoms with Crippen LogP contribution in [0.5, 0.6) is 17.2 Å². The molecule has 0 amide bonds. The van der Waals surface area contributed by atoms with Crippen LogP contribution in [0.4, 0.5) is 0 Å². The lowest BCUT2D eigenvalue weighted by Gasteiger charge is -2.19. The van der Waals surface area contributed by atoms with Gasteiger partial charge in [-0.15, -0.1) is 16.7 Å². The van der Waals surface area contributed by atoms with Crippen molar-refractivity contribution in [2.24, 2.45) is 0 Å². The fraction of sp³-hybridized carbons (Fsp3) is 0.222. The first-order valence-corrected chi connectivity index (χ1v) is 8.38. The first-order valence-electron chi connectivity index (χ1n) is 7.85. The lowest BCUT2D eigenvalue weighted by Crippen LogP contribution is -2.15. The molecule has 128 valence electrons. The lowest BCUT2D eigenvalue weighted by molar-refractivity contribution is 0.171. The van der Waals surface area contributed by atoms with Crippen molar-refractivity contribution in [1.29, 1.82) is 0 Å². The highest BCUT2D eigenvalue weighted by molar-refractivity contribution is 6.17. The van der Waals surface area contributed by atoms with Crippen LogP contribution in [-0.4, -0.2) is 35.3 Å². The third kappa shape index (κ3) is 2.89. The number of benzene rings is 2. The van der Waals surface area contributed by atoms with Crippen molar-refractivity contribution in [3.63, 3.8) is 0 Å². The van der Waals surface area contributed by atoms with Gasteiger partial charge in [0.05, 0.1) is 24.4 Å². The van der Waals surface area contributed by atoms with E-state index < -0.39 is 0 Å². The zero-order valence-electron chi connectivity index (χ0n) is 13.6. The molecular formula is C18H16ClN3O3. The molecule has 0 fully saturated rings. The van der Waals surface area contributed by atoms with Gasteiger partial charge in [0, 0.05) is 11.6 Å². The summed E-state index contributed by atoms with van der Waals surface area (Å²) >= 11 is 6.07. The average Bonchev–Trinajstić information content (AvgIpc) is 3.11. The van der Waals surface area contributed by atoms with Crippen LogP contribution in [0.25, 0.3) is 16.9 Å². The Kier molecular flexibility index (Phi) is 4.19. The summed E-state index contributed by atoms with van der Waals surface area (Å²) in [6.45, 7) is 1.09. The van der Waals surface area contributed by atoms with Crippen LogP contribution in [0.15, 0.2) is 42.5 Å². The van der Waals surface area contributed by atoms with Crippen LogP contribution < -0.4 is 14.2 Å². The van der Waals surface area contributed by atoms with E-state index in [9.17, 15) is 0 Å². The van der Waals surface area contributed by atoms with Gasteiger partial charge < -0.3 is 14.2 Å². The Labute approximate surface area is 149 Å². The number of fused-ring (bicyclic) bond motifs is 1. The van der Waals surface area contributed by atoms with E-state index in [-0.39, 0.29) is 5.88 Å². The molecule has 0 N–H and O–H groups in total. The van der Waals surface area contributed by atoms with E-state index in [0.717, 1.165) is 28.4 Å². The van der Waals surface area contributed by atoms with Crippen molar-refractivity contribution < 1.29 is 14.2 Å². The third-order valence-corrected chi connectivity index (χ3v) is 4.25. The summed E-state index contributed by atoms with van der Waals surface area (Å²) in [6.07, 6.45) is 0. The Morgan fingerprint density at radius 2 is 1.84 bits per heavy atom. The van der Waals surface area contributed by atoms with E-state index in [2.05, 4.69) is 10.3 Å². The van der Waals surface area contributed by atoms with Crippen molar-refractivity contribution in [1.82, 2.24) is 15.0 Å². The van der Waals surface area contributed by atoms with E-state index in [0.29, 0.717) is 24.7 Å². The number of methoxy groups -OCH3 is 1. The third-order valence-electron chi connectivity index (χ3n) is 4.00. The van der Waals surface area contributed by atoms with Crippen LogP contribution in [0.2, 0.25) is 0 Å². The average molecular weight is 358 g/mol. The molecule has 4 rings (SSSR count). The van der Waals surface area contributed by atoms with Crippen LogP contribution in [0.3, 0.4) is 0 Å². The summed E-state index contributed by atoms with van der Waals surface area (Å²) in [7, 11) is 1.64. The molecule has 1 aromatic heterocycles. The Bertz CT molecular complexity index is 893. The number of halogens is 1. The highest BCUT2D eigenvalue weighted by atomic mass is 35.5. The van der Waals surface area contributed by atoms with Gasteiger partial charge in [-0.25, -0.2) is 4.68 Å². The van der Waals surface area contributed by atoms with Crippen LogP contribution in [-0.2, 0) is 5.88 Å². The molecule has 0 unspecified atom stereocenters. The second kappa shape index (κ2) is 6.64. The van der Waals surface area contributed by atoms with Gasteiger partial charge in [0.2, 0.25) is 0 Å². The quantitative estimate of drug-likeness (QED) is 0.669. The molecule has 0 saturated carbocycles. The highest BCUT2D eigenvalue weighted by Gasteiger charge is 2.18. The van der Waals surface area contributed by atoms with Crippen LogP contribution in [0, 0.1) is 0 Å². The van der Waals surface area contributed by atoms with E-state index in [1.165, 1.54) is 0 Å². The molecule has 1 aliphatic rings. The summed E-state index contributed by atoms with van der Waals surface area (Å²) in [6, 6.07) is 13.4. The van der Waals surface area contributed by atoms with Gasteiger partial charge in [0.25, 0.3) is 0 Å². The Balaban J connectivity index is 1.81. The number of alkyl halides is 1. The van der Waals surface area contributed by atoms with Crippen molar-refractivity contribution in [2.75, 3.05) is 20.3 Å². The molecule has 0 bridgehead atoms. The smallest absolute Gasteiger partial charge is 0.163 e. The zero-order valence-corrected chi connectivity index (χ0v) is 14.4. The predicted octanol–water partition coefficient (Wildman–Crippen LogP) is 3.45. The van der Waals surface area contributed by atoms with Gasteiger partial charge >= 0.3 is 0 Å². The van der Waals surface area contributed by atoms with Gasteiger partial charge in [-0.05, 0) is 36.4 Å². The lowest BCUT2D eigenvalue weighted by atomic mass is 10.1. The molecule has 0 radical (unpaired) electrons. The topological polar surface area (TPSA) is 58.4 Å². The maximum absolute atomic E-state index is 6.07. The van der Waals surface area contributed by atoms with E-state index in [1.807, 2.05) is 42.5 Å². The first kappa shape index (κ1) is 15.8. The standard InChI is InChI=1S/C18H16ClN3O3/c1-23-14-5-2-12(3-6-14)18-15(11-19)20-21-22(18)13-4-7-16-17(10-13)25-9-8-24-16/h2-7,10H,8-9,11H2,1H3. The Hall–Kier alpha value is -2.73. The molecule has 0 atom stereocenters. The minimum atomic E-state index is 0.270. The molecule has 7 heteroatoms. The Morgan fingerprint density at radius 1 is 1.08 bits per heavy atom. The molecule has 1 aliphatic heterocycles. The SMILES string of the molecule is COc1ccc(-c2c(CCl)nnn2-c2ccc3c(c2)OCCO3)cc1. The minimum Gasteiger partial charge on any atom is -0.497 e. The monoisotopic (exact) mass is 357 g/mol. The van der Waals surface area contributed by atoms with E-state index >= 15 is 0 Å². The van der Waals surface area contributed by atoms with Gasteiger partial charge in [0.15, 0.2) is 11.5 Å². The first-order chi connectivity index (χ1) is 12.3. The maximum Gasteiger partial charge on any atom is 0.163 e. The van der Waals surface area contributed by atoms with Crippen molar-refractivity contribution in [3.05, 3.63) is 48.2 Å². The van der Waals surface area contributed by atoms with Crippen LogP contribution >= 0.6 is 11.6 Å². The summed E-state index contributed by atoms with van der Waals surface area (Å²) in [5, 5.41) is 8.50. The molecule has 0 aliphatic carbocycles. The number of hydrogen-bond acceptors (Lipinski definition) is 5. The zero-order chi connectivity index (χ0) is 17.2. The minimum absolute atomic E-state index is 0.270. The van der Waals surface area contributed by atoms with Crippen LogP contribution in [0.1, 0.15) is 5.69 Å². The fourth-order valence-corrected chi connectivity index (χ4v) is 2.97. The molecule has 0 saturated heterocycles. The van der Waals surface area contributed by atoms with E-state index in [4.69, 9.17) is 25.8 Å². The molecule has 2 heterocycles. The highest BCUT2D eigenvalue weighted by Crippen LogP contribution is 2.34. The number of hydrogen-bond donors (Lipinski definition) is 0. The molecule has 2 aromatic carbocycles. The van der Waals surface area contributed by atoms with Crippen molar-refractivity contribution >= 4 is 11.6 Å². The Morgan fingerprint density at radius 3 is 2.56 bits per heavy atom. The number of aromatic nitrogens is 3. The molecular weight excluding hydrogens is 342 g/mol. The van der Waals surface area contributed by atoms with Gasteiger partial charge in [0.1, 0.15) is 24.7 Å². The van der Waals surface area contributed by atoms with Crippen molar-refractivity contribution in [2.45, 2.75) is 5.88 Å². The number of ether oxygens (including phenoxy) is 3.